The van der Waals surface area contributed by atoms with Gasteiger partial charge in [-0.15, -0.1) is 11.3 Å². The summed E-state index contributed by atoms with van der Waals surface area (Å²) in [5, 5.41) is 0. The second kappa shape index (κ2) is 5.76. The molecule has 19 heavy (non-hydrogen) atoms. The molecule has 1 atom stereocenters. The number of carbonyl (C=O) groups is 1. The van der Waals surface area contributed by atoms with Crippen LogP contribution in [0.5, 0.6) is 0 Å². The molecule has 2 rings (SSSR count). The molecule has 1 amide bonds. The third-order valence-electron chi connectivity index (χ3n) is 3.09. The fourth-order valence-electron chi connectivity index (χ4n) is 1.95. The van der Waals surface area contributed by atoms with Gasteiger partial charge in [0.1, 0.15) is 0 Å². The molecule has 1 aromatic rings. The van der Waals surface area contributed by atoms with Crippen molar-refractivity contribution in [2.45, 2.75) is 12.5 Å². The lowest BCUT2D eigenvalue weighted by atomic mass is 10.2. The van der Waals surface area contributed by atoms with E-state index in [2.05, 4.69) is 15.9 Å². The molecule has 0 bridgehead atoms. The number of halogens is 1. The van der Waals surface area contributed by atoms with Gasteiger partial charge in [-0.25, -0.2) is 8.42 Å². The Morgan fingerprint density at radius 1 is 1.53 bits per heavy atom. The van der Waals surface area contributed by atoms with Crippen LogP contribution in [-0.2, 0) is 14.6 Å². The second-order valence-electron chi connectivity index (χ2n) is 4.48. The highest BCUT2D eigenvalue weighted by molar-refractivity contribution is 9.11. The van der Waals surface area contributed by atoms with Gasteiger partial charge in [0.05, 0.1) is 15.3 Å². The molecule has 0 N–H and O–H groups in total. The highest BCUT2D eigenvalue weighted by Crippen LogP contribution is 2.23. The molecule has 2 heterocycles. The van der Waals surface area contributed by atoms with E-state index in [0.29, 0.717) is 6.42 Å². The first-order valence-electron chi connectivity index (χ1n) is 5.78. The number of likely N-dealkylation sites (N-methyl/N-ethyl adjacent to an activating group) is 1. The molecule has 1 saturated heterocycles. The summed E-state index contributed by atoms with van der Waals surface area (Å²) >= 11 is 4.89. The minimum Gasteiger partial charge on any atom is -0.338 e. The van der Waals surface area contributed by atoms with Crippen molar-refractivity contribution in [3.8, 4) is 0 Å². The molecule has 1 aromatic heterocycles. The SMILES string of the molecule is CN(C(=O)/C=C/c1ccc(Br)s1)C1CCS(=O)(=O)C1. The number of amides is 1. The van der Waals surface area contributed by atoms with Gasteiger partial charge in [-0.3, -0.25) is 4.79 Å². The third kappa shape index (κ3) is 3.90. The summed E-state index contributed by atoms with van der Waals surface area (Å²) in [6.45, 7) is 0. The first-order valence-corrected chi connectivity index (χ1v) is 9.21. The highest BCUT2D eigenvalue weighted by Gasteiger charge is 2.31. The van der Waals surface area contributed by atoms with Crippen molar-refractivity contribution in [3.05, 3.63) is 26.9 Å². The van der Waals surface area contributed by atoms with Crippen LogP contribution in [0.2, 0.25) is 0 Å². The molecule has 0 saturated carbocycles. The second-order valence-corrected chi connectivity index (χ2v) is 9.20. The van der Waals surface area contributed by atoms with Crippen molar-refractivity contribution in [2.75, 3.05) is 18.6 Å². The van der Waals surface area contributed by atoms with Crippen LogP contribution in [0.15, 0.2) is 22.0 Å². The maximum Gasteiger partial charge on any atom is 0.246 e. The van der Waals surface area contributed by atoms with Crippen LogP contribution < -0.4 is 0 Å². The van der Waals surface area contributed by atoms with Crippen LogP contribution in [0.4, 0.5) is 0 Å². The monoisotopic (exact) mass is 363 g/mol. The van der Waals surface area contributed by atoms with Gasteiger partial charge in [-0.1, -0.05) is 0 Å². The number of thiophene rings is 1. The Morgan fingerprint density at radius 2 is 2.26 bits per heavy atom. The van der Waals surface area contributed by atoms with Crippen molar-refractivity contribution in [1.29, 1.82) is 0 Å². The predicted octanol–water partition coefficient (Wildman–Crippen LogP) is 2.17. The van der Waals surface area contributed by atoms with Gasteiger partial charge in [0, 0.05) is 24.0 Å². The van der Waals surface area contributed by atoms with E-state index in [0.717, 1.165) is 8.66 Å². The van der Waals surface area contributed by atoms with Crippen LogP contribution >= 0.6 is 27.3 Å². The lowest BCUT2D eigenvalue weighted by Gasteiger charge is -2.21. The Hall–Kier alpha value is -0.660. The van der Waals surface area contributed by atoms with Crippen molar-refractivity contribution in [1.82, 2.24) is 4.90 Å². The summed E-state index contributed by atoms with van der Waals surface area (Å²) in [6, 6.07) is 3.64. The van der Waals surface area contributed by atoms with Gasteiger partial charge < -0.3 is 4.90 Å². The Labute approximate surface area is 125 Å². The van der Waals surface area contributed by atoms with E-state index >= 15 is 0 Å². The lowest BCUT2D eigenvalue weighted by Crippen LogP contribution is -2.36. The van der Waals surface area contributed by atoms with E-state index in [1.165, 1.54) is 22.3 Å². The van der Waals surface area contributed by atoms with Crippen molar-refractivity contribution in [3.63, 3.8) is 0 Å². The quantitative estimate of drug-likeness (QED) is 0.773. The van der Waals surface area contributed by atoms with Gasteiger partial charge in [-0.2, -0.15) is 0 Å². The smallest absolute Gasteiger partial charge is 0.246 e. The molecule has 4 nitrogen and oxygen atoms in total. The summed E-state index contributed by atoms with van der Waals surface area (Å²) in [7, 11) is -1.30. The zero-order chi connectivity index (χ0) is 14.0. The molecule has 1 fully saturated rings. The molecular formula is C12H14BrNO3S2. The van der Waals surface area contributed by atoms with Crippen molar-refractivity contribution in [2.24, 2.45) is 0 Å². The van der Waals surface area contributed by atoms with E-state index in [1.54, 1.807) is 13.1 Å². The van der Waals surface area contributed by atoms with E-state index in [1.807, 2.05) is 12.1 Å². The molecule has 0 radical (unpaired) electrons. The number of hydrogen-bond donors (Lipinski definition) is 0. The summed E-state index contributed by atoms with van der Waals surface area (Å²) < 4.78 is 23.8. The Bertz CT molecular complexity index is 606. The molecule has 1 aliphatic rings. The molecule has 1 unspecified atom stereocenters. The topological polar surface area (TPSA) is 54.5 Å². The largest absolute Gasteiger partial charge is 0.338 e. The molecule has 0 spiro atoms. The molecule has 104 valence electrons. The minimum atomic E-state index is -2.96. The Kier molecular flexibility index (Phi) is 4.47. The first kappa shape index (κ1) is 14.7. The van der Waals surface area contributed by atoms with E-state index < -0.39 is 9.84 Å². The number of hydrogen-bond acceptors (Lipinski definition) is 4. The van der Waals surface area contributed by atoms with Crippen molar-refractivity contribution < 1.29 is 13.2 Å². The summed E-state index contributed by atoms with van der Waals surface area (Å²) in [5.41, 5.74) is 0. The lowest BCUT2D eigenvalue weighted by molar-refractivity contribution is -0.126. The molecule has 0 aliphatic carbocycles. The Balaban J connectivity index is 1.98. The van der Waals surface area contributed by atoms with Gasteiger partial charge >= 0.3 is 0 Å². The van der Waals surface area contributed by atoms with E-state index in [4.69, 9.17) is 0 Å². The van der Waals surface area contributed by atoms with Crippen LogP contribution in [0.1, 0.15) is 11.3 Å². The molecule has 1 aliphatic heterocycles. The zero-order valence-electron chi connectivity index (χ0n) is 10.4. The third-order valence-corrected chi connectivity index (χ3v) is 6.43. The molecule has 0 aromatic carbocycles. The van der Waals surface area contributed by atoms with Gasteiger partial charge in [-0.05, 0) is 40.6 Å². The summed E-state index contributed by atoms with van der Waals surface area (Å²) in [5.74, 6) is 0.0939. The highest BCUT2D eigenvalue weighted by atomic mass is 79.9. The predicted molar refractivity (Wildman–Crippen MR) is 80.9 cm³/mol. The number of carbonyl (C=O) groups excluding carboxylic acids is 1. The average Bonchev–Trinajstić information content (AvgIpc) is 2.91. The van der Waals surface area contributed by atoms with Crippen LogP contribution in [-0.4, -0.2) is 43.8 Å². The van der Waals surface area contributed by atoms with Crippen LogP contribution in [0.25, 0.3) is 6.08 Å². The van der Waals surface area contributed by atoms with Crippen LogP contribution in [0, 0.1) is 0 Å². The van der Waals surface area contributed by atoms with E-state index in [-0.39, 0.29) is 23.5 Å². The standard InChI is InChI=1S/C12H14BrNO3S2/c1-14(9-6-7-19(16,17)8-9)12(15)5-3-10-2-4-11(13)18-10/h2-5,9H,6-8H2,1H3/b5-3+. The van der Waals surface area contributed by atoms with E-state index in [9.17, 15) is 13.2 Å². The summed E-state index contributed by atoms with van der Waals surface area (Å²) in [6.07, 6.45) is 3.77. The minimum absolute atomic E-state index is 0.0770. The number of nitrogens with zero attached hydrogens (tertiary/aromatic N) is 1. The molecular weight excluding hydrogens is 350 g/mol. The summed E-state index contributed by atoms with van der Waals surface area (Å²) in [4.78, 5) is 14.5. The molecule has 7 heteroatoms. The van der Waals surface area contributed by atoms with Crippen molar-refractivity contribution >= 4 is 49.1 Å². The van der Waals surface area contributed by atoms with Gasteiger partial charge in [0.25, 0.3) is 0 Å². The Morgan fingerprint density at radius 3 is 2.79 bits per heavy atom. The average molecular weight is 364 g/mol. The maximum absolute atomic E-state index is 12.0. The number of rotatable bonds is 3. The number of sulfone groups is 1. The van der Waals surface area contributed by atoms with Crippen LogP contribution in [0.3, 0.4) is 0 Å². The zero-order valence-corrected chi connectivity index (χ0v) is 13.6. The fourth-order valence-corrected chi connectivity index (χ4v) is 5.05. The van der Waals surface area contributed by atoms with Gasteiger partial charge in [0.2, 0.25) is 5.91 Å². The first-order chi connectivity index (χ1) is 8.87. The fraction of sp³-hybridized carbons (Fsp3) is 0.417. The van der Waals surface area contributed by atoms with Gasteiger partial charge in [0.15, 0.2) is 9.84 Å². The maximum atomic E-state index is 12.0. The normalized spacial score (nSPS) is 21.9.